The van der Waals surface area contributed by atoms with Gasteiger partial charge in [0.2, 0.25) is 0 Å². The van der Waals surface area contributed by atoms with Crippen molar-refractivity contribution in [1.29, 1.82) is 0 Å². The molecule has 1 aliphatic rings. The molecule has 1 heterocycles. The number of hydrogen-bond acceptors (Lipinski definition) is 3. The first-order valence-electron chi connectivity index (χ1n) is 6.70. The Morgan fingerprint density at radius 1 is 1.42 bits per heavy atom. The molecule has 0 bridgehead atoms. The van der Waals surface area contributed by atoms with E-state index in [4.69, 9.17) is 10.5 Å². The molecule has 106 valence electrons. The molecule has 0 aliphatic carbocycles. The summed E-state index contributed by atoms with van der Waals surface area (Å²) in [6, 6.07) is 3.71. The van der Waals surface area contributed by atoms with Crippen LogP contribution in [0.25, 0.3) is 0 Å². The van der Waals surface area contributed by atoms with Gasteiger partial charge in [-0.05, 0) is 47.3 Å². The highest BCUT2D eigenvalue weighted by atomic mass is 79.9. The second kappa shape index (κ2) is 6.68. The maximum absolute atomic E-state index is 14.3. The van der Waals surface area contributed by atoms with Crippen LogP contribution in [0.5, 0.6) is 0 Å². The van der Waals surface area contributed by atoms with Gasteiger partial charge in [0.1, 0.15) is 0 Å². The van der Waals surface area contributed by atoms with Crippen molar-refractivity contribution in [3.05, 3.63) is 28.0 Å². The minimum atomic E-state index is -0.210. The Morgan fingerprint density at radius 3 is 2.68 bits per heavy atom. The van der Waals surface area contributed by atoms with Crippen LogP contribution in [0.3, 0.4) is 0 Å². The maximum atomic E-state index is 14.3. The van der Waals surface area contributed by atoms with Crippen LogP contribution in [-0.2, 0) is 11.3 Å². The van der Waals surface area contributed by atoms with E-state index in [2.05, 4.69) is 20.8 Å². The zero-order valence-electron chi connectivity index (χ0n) is 11.2. The average Bonchev–Trinajstić information content (AvgIpc) is 2.43. The fraction of sp³-hybridized carbons (Fsp3) is 0.571. The second-order valence-corrected chi connectivity index (χ2v) is 5.51. The van der Waals surface area contributed by atoms with E-state index >= 15 is 0 Å². The van der Waals surface area contributed by atoms with Gasteiger partial charge in [0.05, 0.1) is 16.3 Å². The summed E-state index contributed by atoms with van der Waals surface area (Å²) < 4.78 is 20.4. The Morgan fingerprint density at radius 2 is 2.11 bits per heavy atom. The van der Waals surface area contributed by atoms with Crippen molar-refractivity contribution in [3.63, 3.8) is 0 Å². The molecule has 1 aliphatic heterocycles. The molecule has 1 aromatic rings. The lowest BCUT2D eigenvalue weighted by Crippen LogP contribution is -2.37. The summed E-state index contributed by atoms with van der Waals surface area (Å²) >= 11 is 3.29. The number of piperidine rings is 1. The Bertz CT molecular complexity index is 434. The smallest absolute Gasteiger partial charge is 0.160 e. The third kappa shape index (κ3) is 3.27. The molecule has 0 radical (unpaired) electrons. The number of nitrogens with zero attached hydrogens (tertiary/aromatic N) is 1. The highest BCUT2D eigenvalue weighted by Gasteiger charge is 2.22. The largest absolute Gasteiger partial charge is 0.378 e. The van der Waals surface area contributed by atoms with Crippen molar-refractivity contribution in [2.75, 3.05) is 24.6 Å². The van der Waals surface area contributed by atoms with E-state index < -0.39 is 0 Å². The summed E-state index contributed by atoms with van der Waals surface area (Å²) in [6.45, 7) is 4.75. The maximum Gasteiger partial charge on any atom is 0.160 e. The summed E-state index contributed by atoms with van der Waals surface area (Å²) in [5.74, 6) is -0.210. The lowest BCUT2D eigenvalue weighted by Gasteiger charge is -2.33. The van der Waals surface area contributed by atoms with Crippen LogP contribution >= 0.6 is 15.9 Å². The van der Waals surface area contributed by atoms with Crippen molar-refractivity contribution >= 4 is 21.6 Å². The first kappa shape index (κ1) is 14.8. The molecule has 1 fully saturated rings. The highest BCUT2D eigenvalue weighted by molar-refractivity contribution is 9.10. The Kier molecular flexibility index (Phi) is 5.19. The molecule has 1 aromatic carbocycles. The molecule has 2 N–H and O–H groups in total. The van der Waals surface area contributed by atoms with Crippen LogP contribution in [0.4, 0.5) is 10.1 Å². The zero-order valence-corrected chi connectivity index (χ0v) is 12.7. The average molecular weight is 331 g/mol. The molecule has 1 saturated heterocycles. The van der Waals surface area contributed by atoms with Gasteiger partial charge in [-0.3, -0.25) is 0 Å². The molecular weight excluding hydrogens is 311 g/mol. The monoisotopic (exact) mass is 330 g/mol. The van der Waals surface area contributed by atoms with Crippen LogP contribution < -0.4 is 10.6 Å². The van der Waals surface area contributed by atoms with Crippen LogP contribution in [-0.4, -0.2) is 25.8 Å². The molecule has 19 heavy (non-hydrogen) atoms. The lowest BCUT2D eigenvalue weighted by atomic mass is 10.1. The highest BCUT2D eigenvalue weighted by Crippen LogP contribution is 2.31. The van der Waals surface area contributed by atoms with Gasteiger partial charge < -0.3 is 15.4 Å². The third-order valence-electron chi connectivity index (χ3n) is 3.55. The van der Waals surface area contributed by atoms with Crippen LogP contribution in [0.15, 0.2) is 16.6 Å². The first-order valence-corrected chi connectivity index (χ1v) is 7.50. The SMILES string of the molecule is CCOC1CCN(c2ccc(CN)c(Br)c2F)CC1. The molecule has 0 amide bonds. The zero-order chi connectivity index (χ0) is 13.8. The van der Waals surface area contributed by atoms with E-state index in [-0.39, 0.29) is 5.82 Å². The van der Waals surface area contributed by atoms with Crippen LogP contribution in [0.1, 0.15) is 25.3 Å². The quantitative estimate of drug-likeness (QED) is 0.922. The number of benzene rings is 1. The van der Waals surface area contributed by atoms with Crippen molar-refractivity contribution in [1.82, 2.24) is 0 Å². The van der Waals surface area contributed by atoms with Crippen LogP contribution in [0.2, 0.25) is 0 Å². The van der Waals surface area contributed by atoms with Gasteiger partial charge in [0.15, 0.2) is 5.82 Å². The van der Waals surface area contributed by atoms with Crippen molar-refractivity contribution < 1.29 is 9.13 Å². The van der Waals surface area contributed by atoms with Gasteiger partial charge in [0.25, 0.3) is 0 Å². The fourth-order valence-electron chi connectivity index (χ4n) is 2.48. The van der Waals surface area contributed by atoms with Crippen molar-refractivity contribution in [2.45, 2.75) is 32.4 Å². The summed E-state index contributed by atoms with van der Waals surface area (Å²) in [5, 5.41) is 0. The van der Waals surface area contributed by atoms with E-state index in [1.807, 2.05) is 19.1 Å². The minimum Gasteiger partial charge on any atom is -0.378 e. The van der Waals surface area contributed by atoms with Crippen LogP contribution in [0, 0.1) is 5.82 Å². The van der Waals surface area contributed by atoms with E-state index in [1.165, 1.54) is 0 Å². The standard InChI is InChI=1S/C14H20BrFN2O/c1-2-19-11-5-7-18(8-6-11)12-4-3-10(9-17)13(15)14(12)16/h3-4,11H,2,5-9,17H2,1H3. The van der Waals surface area contributed by atoms with Gasteiger partial charge in [0, 0.05) is 26.2 Å². The second-order valence-electron chi connectivity index (χ2n) is 4.72. The van der Waals surface area contributed by atoms with Gasteiger partial charge in [-0.25, -0.2) is 4.39 Å². The number of halogens is 2. The summed E-state index contributed by atoms with van der Waals surface area (Å²) in [7, 11) is 0. The third-order valence-corrected chi connectivity index (χ3v) is 4.40. The molecular formula is C14H20BrFN2O. The predicted molar refractivity (Wildman–Crippen MR) is 78.9 cm³/mol. The topological polar surface area (TPSA) is 38.5 Å². The first-order chi connectivity index (χ1) is 9.17. The molecule has 5 heteroatoms. The molecule has 3 nitrogen and oxygen atoms in total. The summed E-state index contributed by atoms with van der Waals surface area (Å²) in [5.41, 5.74) is 7.02. The van der Waals surface area contributed by atoms with Gasteiger partial charge >= 0.3 is 0 Å². The summed E-state index contributed by atoms with van der Waals surface area (Å²) in [4.78, 5) is 2.08. The van der Waals surface area contributed by atoms with E-state index in [0.29, 0.717) is 22.8 Å². The van der Waals surface area contributed by atoms with Gasteiger partial charge in [-0.2, -0.15) is 0 Å². The minimum absolute atomic E-state index is 0.210. The van der Waals surface area contributed by atoms with E-state index in [1.54, 1.807) is 0 Å². The number of rotatable bonds is 4. The lowest BCUT2D eigenvalue weighted by molar-refractivity contribution is 0.0458. The van der Waals surface area contributed by atoms with Crippen molar-refractivity contribution in [3.8, 4) is 0 Å². The van der Waals surface area contributed by atoms with Crippen molar-refractivity contribution in [2.24, 2.45) is 5.73 Å². The summed E-state index contributed by atoms with van der Waals surface area (Å²) in [6.07, 6.45) is 2.21. The molecule has 0 aromatic heterocycles. The molecule has 0 atom stereocenters. The fourth-order valence-corrected chi connectivity index (χ4v) is 2.98. The van der Waals surface area contributed by atoms with E-state index in [0.717, 1.165) is 38.1 Å². The Labute approximate surface area is 122 Å². The number of hydrogen-bond donors (Lipinski definition) is 1. The number of anilines is 1. The molecule has 0 unspecified atom stereocenters. The van der Waals surface area contributed by atoms with Gasteiger partial charge in [-0.1, -0.05) is 6.07 Å². The molecule has 0 spiro atoms. The predicted octanol–water partition coefficient (Wildman–Crippen LogP) is 3.05. The molecule has 2 rings (SSSR count). The molecule has 0 saturated carbocycles. The number of nitrogens with two attached hydrogens (primary N) is 1. The number of ether oxygens (including phenoxy) is 1. The van der Waals surface area contributed by atoms with Gasteiger partial charge in [-0.15, -0.1) is 0 Å². The Balaban J connectivity index is 2.09. The normalized spacial score (nSPS) is 16.9. The van der Waals surface area contributed by atoms with E-state index in [9.17, 15) is 4.39 Å². The Hall–Kier alpha value is -0.650.